The molecule has 1 saturated carbocycles. The highest BCUT2D eigenvalue weighted by molar-refractivity contribution is 5.89. The number of amides is 2. The van der Waals surface area contributed by atoms with Crippen LogP contribution < -0.4 is 10.6 Å². The van der Waals surface area contributed by atoms with E-state index in [1.807, 2.05) is 27.7 Å². The number of rotatable bonds is 8. The number of aliphatic carboxylic acids is 1. The van der Waals surface area contributed by atoms with Crippen molar-refractivity contribution < 1.29 is 24.2 Å². The molecule has 25 heavy (non-hydrogen) atoms. The van der Waals surface area contributed by atoms with Gasteiger partial charge < -0.3 is 20.5 Å². The van der Waals surface area contributed by atoms with Crippen LogP contribution in [0.4, 0.5) is 0 Å². The van der Waals surface area contributed by atoms with E-state index in [0.29, 0.717) is 19.6 Å². The molecule has 3 N–H and O–H groups in total. The molecular formula is C18H32N2O5. The lowest BCUT2D eigenvalue weighted by molar-refractivity contribution is -0.194. The van der Waals surface area contributed by atoms with Crippen molar-refractivity contribution >= 4 is 17.8 Å². The SMILES string of the molecule is CCOC1CC(NC(=O)CCCNC(=O)C(C)(C)C)(C(=O)O)C1(C)C. The van der Waals surface area contributed by atoms with Crippen molar-refractivity contribution in [1.82, 2.24) is 10.6 Å². The maximum absolute atomic E-state index is 12.2. The smallest absolute Gasteiger partial charge is 0.330 e. The van der Waals surface area contributed by atoms with Crippen molar-refractivity contribution in [3.63, 3.8) is 0 Å². The van der Waals surface area contributed by atoms with Gasteiger partial charge in [0.25, 0.3) is 0 Å². The second-order valence-corrected chi connectivity index (χ2v) is 8.24. The maximum atomic E-state index is 12.2. The van der Waals surface area contributed by atoms with E-state index in [2.05, 4.69) is 10.6 Å². The standard InChI is InChI=1S/C18H32N2O5/c1-7-25-12-11-18(15(23)24,17(12,5)6)20-13(21)9-8-10-19-14(22)16(2,3)4/h12H,7-11H2,1-6H3,(H,19,22)(H,20,21)(H,23,24). The minimum absolute atomic E-state index is 0.0744. The number of carbonyl (C=O) groups excluding carboxylic acids is 2. The van der Waals surface area contributed by atoms with Gasteiger partial charge in [0.1, 0.15) is 5.54 Å². The molecule has 0 aliphatic heterocycles. The molecule has 1 fully saturated rings. The van der Waals surface area contributed by atoms with Crippen LogP contribution in [-0.2, 0) is 19.1 Å². The monoisotopic (exact) mass is 356 g/mol. The van der Waals surface area contributed by atoms with Gasteiger partial charge in [0.2, 0.25) is 11.8 Å². The summed E-state index contributed by atoms with van der Waals surface area (Å²) >= 11 is 0. The van der Waals surface area contributed by atoms with E-state index in [-0.39, 0.29) is 30.8 Å². The Kier molecular flexibility index (Phi) is 6.61. The van der Waals surface area contributed by atoms with Crippen LogP contribution in [0, 0.1) is 10.8 Å². The Labute approximate surface area is 149 Å². The van der Waals surface area contributed by atoms with Crippen LogP contribution in [0.3, 0.4) is 0 Å². The van der Waals surface area contributed by atoms with Gasteiger partial charge in [0.15, 0.2) is 0 Å². The average molecular weight is 356 g/mol. The molecule has 144 valence electrons. The van der Waals surface area contributed by atoms with Crippen molar-refractivity contribution in [3.8, 4) is 0 Å². The number of nitrogens with one attached hydrogen (secondary N) is 2. The summed E-state index contributed by atoms with van der Waals surface area (Å²) < 4.78 is 5.57. The minimum Gasteiger partial charge on any atom is -0.479 e. The quantitative estimate of drug-likeness (QED) is 0.574. The van der Waals surface area contributed by atoms with E-state index in [4.69, 9.17) is 4.74 Å². The summed E-state index contributed by atoms with van der Waals surface area (Å²) in [4.78, 5) is 35.8. The zero-order valence-electron chi connectivity index (χ0n) is 16.2. The Morgan fingerprint density at radius 2 is 1.84 bits per heavy atom. The van der Waals surface area contributed by atoms with Gasteiger partial charge in [0, 0.05) is 36.8 Å². The first kappa shape index (κ1) is 21.4. The van der Waals surface area contributed by atoms with Gasteiger partial charge in [-0.15, -0.1) is 0 Å². The fraction of sp³-hybridized carbons (Fsp3) is 0.833. The largest absolute Gasteiger partial charge is 0.479 e. The molecule has 0 aromatic rings. The van der Waals surface area contributed by atoms with Gasteiger partial charge >= 0.3 is 5.97 Å². The Hall–Kier alpha value is -1.63. The first-order valence-corrected chi connectivity index (χ1v) is 8.83. The molecule has 0 aromatic carbocycles. The number of carbonyl (C=O) groups is 3. The van der Waals surface area contributed by atoms with Crippen LogP contribution in [-0.4, -0.2) is 47.7 Å². The van der Waals surface area contributed by atoms with Gasteiger partial charge in [-0.25, -0.2) is 4.79 Å². The van der Waals surface area contributed by atoms with Crippen molar-refractivity contribution in [1.29, 1.82) is 0 Å². The molecular weight excluding hydrogens is 324 g/mol. The molecule has 0 aromatic heterocycles. The molecule has 1 rings (SSSR count). The van der Waals surface area contributed by atoms with E-state index in [9.17, 15) is 19.5 Å². The highest BCUT2D eigenvalue weighted by atomic mass is 16.5. The normalized spacial score (nSPS) is 25.0. The maximum Gasteiger partial charge on any atom is 0.330 e. The molecule has 0 heterocycles. The topological polar surface area (TPSA) is 105 Å². The second-order valence-electron chi connectivity index (χ2n) is 8.24. The Morgan fingerprint density at radius 3 is 2.28 bits per heavy atom. The molecule has 1 aliphatic carbocycles. The number of ether oxygens (including phenoxy) is 1. The molecule has 0 saturated heterocycles. The van der Waals surface area contributed by atoms with Gasteiger partial charge in [-0.3, -0.25) is 9.59 Å². The first-order valence-electron chi connectivity index (χ1n) is 8.83. The Bertz CT molecular complexity index is 524. The molecule has 0 bridgehead atoms. The molecule has 1 aliphatic rings. The summed E-state index contributed by atoms with van der Waals surface area (Å²) in [6.07, 6.45) is 0.684. The zero-order valence-corrected chi connectivity index (χ0v) is 16.2. The molecule has 7 nitrogen and oxygen atoms in total. The van der Waals surface area contributed by atoms with Crippen LogP contribution in [0.1, 0.15) is 60.8 Å². The summed E-state index contributed by atoms with van der Waals surface area (Å²) in [5, 5.41) is 15.1. The fourth-order valence-corrected chi connectivity index (χ4v) is 3.05. The molecule has 0 spiro atoms. The highest BCUT2D eigenvalue weighted by Gasteiger charge is 2.66. The Balaban J connectivity index is 2.54. The third kappa shape index (κ3) is 4.51. The van der Waals surface area contributed by atoms with Crippen molar-refractivity contribution in [2.75, 3.05) is 13.2 Å². The lowest BCUT2D eigenvalue weighted by atomic mass is 9.54. The molecule has 7 heteroatoms. The molecule has 0 radical (unpaired) electrons. The average Bonchev–Trinajstić information content (AvgIpc) is 2.48. The van der Waals surface area contributed by atoms with Crippen LogP contribution in [0.15, 0.2) is 0 Å². The van der Waals surface area contributed by atoms with Crippen molar-refractivity contribution in [2.24, 2.45) is 10.8 Å². The number of carboxylic acids is 1. The summed E-state index contributed by atoms with van der Waals surface area (Å²) in [5.74, 6) is -1.44. The van der Waals surface area contributed by atoms with E-state index in [1.54, 1.807) is 13.8 Å². The van der Waals surface area contributed by atoms with Gasteiger partial charge in [-0.05, 0) is 13.3 Å². The fourth-order valence-electron chi connectivity index (χ4n) is 3.05. The van der Waals surface area contributed by atoms with Crippen LogP contribution in [0.25, 0.3) is 0 Å². The molecule has 2 unspecified atom stereocenters. The number of hydrogen-bond donors (Lipinski definition) is 3. The molecule has 2 amide bonds. The predicted molar refractivity (Wildman–Crippen MR) is 94.0 cm³/mol. The van der Waals surface area contributed by atoms with E-state index in [0.717, 1.165) is 0 Å². The Morgan fingerprint density at radius 1 is 1.24 bits per heavy atom. The summed E-state index contributed by atoms with van der Waals surface area (Å²) in [6, 6.07) is 0. The minimum atomic E-state index is -1.31. The van der Waals surface area contributed by atoms with Gasteiger partial charge in [0.05, 0.1) is 6.10 Å². The first-order chi connectivity index (χ1) is 11.4. The van der Waals surface area contributed by atoms with Crippen molar-refractivity contribution in [3.05, 3.63) is 0 Å². The summed E-state index contributed by atoms with van der Waals surface area (Å²) in [6.45, 7) is 11.8. The van der Waals surface area contributed by atoms with E-state index in [1.165, 1.54) is 0 Å². The van der Waals surface area contributed by atoms with Crippen LogP contribution in [0.5, 0.6) is 0 Å². The predicted octanol–water partition coefficient (Wildman–Crippen LogP) is 1.70. The zero-order chi connectivity index (χ0) is 19.5. The third-order valence-corrected chi connectivity index (χ3v) is 5.03. The lowest BCUT2D eigenvalue weighted by Gasteiger charge is -2.58. The summed E-state index contributed by atoms with van der Waals surface area (Å²) in [7, 11) is 0. The lowest BCUT2D eigenvalue weighted by Crippen LogP contribution is -2.76. The third-order valence-electron chi connectivity index (χ3n) is 5.03. The summed E-state index contributed by atoms with van der Waals surface area (Å²) in [5.41, 5.74) is -2.47. The highest BCUT2D eigenvalue weighted by Crippen LogP contribution is 2.51. The number of carboxylic acid groups (broad SMARTS) is 1. The number of hydrogen-bond acceptors (Lipinski definition) is 4. The molecule has 2 atom stereocenters. The van der Waals surface area contributed by atoms with E-state index < -0.39 is 22.3 Å². The van der Waals surface area contributed by atoms with Crippen LogP contribution >= 0.6 is 0 Å². The second kappa shape index (κ2) is 7.72. The van der Waals surface area contributed by atoms with Crippen molar-refractivity contribution in [2.45, 2.75) is 72.4 Å². The van der Waals surface area contributed by atoms with Gasteiger partial charge in [-0.2, -0.15) is 0 Å². The van der Waals surface area contributed by atoms with E-state index >= 15 is 0 Å². The van der Waals surface area contributed by atoms with Gasteiger partial charge in [-0.1, -0.05) is 34.6 Å². The van der Waals surface area contributed by atoms with Crippen LogP contribution in [0.2, 0.25) is 0 Å².